The quantitative estimate of drug-likeness (QED) is 0.263. The number of aryl methyl sites for hydroxylation is 1. The molecule has 4 aromatic rings. The molecule has 1 N–H and O–H groups in total. The minimum atomic E-state index is -0.159. The highest BCUT2D eigenvalue weighted by atomic mass is 35.5. The maximum absolute atomic E-state index is 11.7. The number of nitrogens with one attached hydrogen (secondary N) is 1. The predicted molar refractivity (Wildman–Crippen MR) is 141 cm³/mol. The van der Waals surface area contributed by atoms with Gasteiger partial charge >= 0.3 is 5.97 Å². The van der Waals surface area contributed by atoms with Crippen molar-refractivity contribution in [1.82, 2.24) is 4.98 Å². The Hall–Kier alpha value is -3.63. The summed E-state index contributed by atoms with van der Waals surface area (Å²) >= 11 is 6.10. The highest BCUT2D eigenvalue weighted by molar-refractivity contribution is 6.31. The van der Waals surface area contributed by atoms with Crippen molar-refractivity contribution >= 4 is 46.3 Å². The van der Waals surface area contributed by atoms with Crippen LogP contribution in [-0.4, -0.2) is 17.6 Å². The lowest BCUT2D eigenvalue weighted by molar-refractivity contribution is -0.143. The Morgan fingerprint density at radius 2 is 1.79 bits per heavy atom. The van der Waals surface area contributed by atoms with E-state index in [0.717, 1.165) is 33.4 Å². The number of carbonyl (C=O) groups excluding carboxylic acids is 1. The monoisotopic (exact) mass is 470 g/mol. The van der Waals surface area contributed by atoms with Gasteiger partial charge in [0.1, 0.15) is 0 Å². The molecule has 34 heavy (non-hydrogen) atoms. The average Bonchev–Trinajstić information content (AvgIpc) is 2.85. The zero-order valence-corrected chi connectivity index (χ0v) is 19.9. The van der Waals surface area contributed by atoms with Gasteiger partial charge in [0.2, 0.25) is 0 Å². The summed E-state index contributed by atoms with van der Waals surface area (Å²) < 4.78 is 5.06. The van der Waals surface area contributed by atoms with E-state index in [-0.39, 0.29) is 5.97 Å². The van der Waals surface area contributed by atoms with Crippen molar-refractivity contribution in [3.05, 3.63) is 106 Å². The molecule has 1 aromatic heterocycles. The third kappa shape index (κ3) is 6.46. The number of fused-ring (bicyclic) bond motifs is 1. The number of hydrogen-bond donors (Lipinski definition) is 1. The van der Waals surface area contributed by atoms with E-state index in [1.54, 1.807) is 0 Å². The molecule has 172 valence electrons. The second-order valence-corrected chi connectivity index (χ2v) is 8.40. The molecule has 0 amide bonds. The largest absolute Gasteiger partial charge is 0.466 e. The van der Waals surface area contributed by atoms with Crippen molar-refractivity contribution in [1.29, 1.82) is 0 Å². The van der Waals surface area contributed by atoms with Crippen molar-refractivity contribution in [2.45, 2.75) is 26.3 Å². The minimum absolute atomic E-state index is 0.159. The number of halogens is 1. The number of rotatable bonds is 9. The number of ether oxygens (including phenoxy) is 1. The highest BCUT2D eigenvalue weighted by Crippen LogP contribution is 2.20. The number of pyridine rings is 1. The average molecular weight is 471 g/mol. The van der Waals surface area contributed by atoms with Crippen LogP contribution in [0.4, 0.5) is 5.69 Å². The van der Waals surface area contributed by atoms with E-state index < -0.39 is 0 Å². The van der Waals surface area contributed by atoms with Crippen LogP contribution >= 0.6 is 11.6 Å². The molecule has 0 fully saturated rings. The fraction of sp³-hybridized carbons (Fsp3) is 0.172. The Balaban J connectivity index is 1.41. The molecule has 4 rings (SSSR count). The van der Waals surface area contributed by atoms with Gasteiger partial charge in [0.25, 0.3) is 0 Å². The summed E-state index contributed by atoms with van der Waals surface area (Å²) in [6.07, 6.45) is 5.12. The second kappa shape index (κ2) is 11.5. The molecule has 4 nitrogen and oxygen atoms in total. The van der Waals surface area contributed by atoms with Gasteiger partial charge in [-0.1, -0.05) is 66.2 Å². The predicted octanol–water partition coefficient (Wildman–Crippen LogP) is 7.17. The molecule has 0 aliphatic heterocycles. The van der Waals surface area contributed by atoms with Crippen molar-refractivity contribution < 1.29 is 9.53 Å². The molecule has 3 aromatic carbocycles. The van der Waals surface area contributed by atoms with Crippen LogP contribution in [0.1, 0.15) is 35.7 Å². The fourth-order valence-electron chi connectivity index (χ4n) is 3.77. The van der Waals surface area contributed by atoms with Gasteiger partial charge < -0.3 is 10.1 Å². The van der Waals surface area contributed by atoms with Gasteiger partial charge in [0, 0.05) is 29.1 Å². The summed E-state index contributed by atoms with van der Waals surface area (Å²) in [5.41, 5.74) is 6.19. The first-order valence-corrected chi connectivity index (χ1v) is 11.8. The van der Waals surface area contributed by atoms with Crippen LogP contribution in [0.5, 0.6) is 0 Å². The van der Waals surface area contributed by atoms with Crippen LogP contribution in [0.2, 0.25) is 5.02 Å². The molecule has 0 radical (unpaired) electrons. The zero-order chi connectivity index (χ0) is 23.8. The van der Waals surface area contributed by atoms with E-state index >= 15 is 0 Å². The van der Waals surface area contributed by atoms with E-state index in [4.69, 9.17) is 16.3 Å². The van der Waals surface area contributed by atoms with E-state index in [1.165, 1.54) is 5.56 Å². The third-order valence-corrected chi connectivity index (χ3v) is 5.75. The zero-order valence-electron chi connectivity index (χ0n) is 19.1. The van der Waals surface area contributed by atoms with Gasteiger partial charge in [0.15, 0.2) is 0 Å². The lowest BCUT2D eigenvalue weighted by Gasteiger charge is -2.12. The first-order valence-electron chi connectivity index (χ1n) is 11.4. The van der Waals surface area contributed by atoms with E-state index in [2.05, 4.69) is 52.8 Å². The lowest BCUT2D eigenvalue weighted by Crippen LogP contribution is -2.08. The Bertz CT molecular complexity index is 1320. The summed E-state index contributed by atoms with van der Waals surface area (Å²) in [7, 11) is 0. The summed E-state index contributed by atoms with van der Waals surface area (Å²) in [5, 5.41) is 5.25. The molecule has 0 aliphatic rings. The van der Waals surface area contributed by atoms with Gasteiger partial charge in [-0.2, -0.15) is 0 Å². The number of carbonyl (C=O) groups is 1. The second-order valence-electron chi connectivity index (χ2n) is 7.96. The molecular weight excluding hydrogens is 444 g/mol. The summed E-state index contributed by atoms with van der Waals surface area (Å²) in [5.74, 6) is -0.159. The smallest absolute Gasteiger partial charge is 0.306 e. The minimum Gasteiger partial charge on any atom is -0.466 e. The molecule has 0 bridgehead atoms. The van der Waals surface area contributed by atoms with Gasteiger partial charge in [-0.25, -0.2) is 4.98 Å². The number of nitrogens with zero attached hydrogens (tertiary/aromatic N) is 1. The standard InChI is InChI=1S/C29H27ClN2O2/c1-2-34-29(33)17-13-22-7-3-4-8-24(22)20-31-27-9-5-6-21(18-27)10-15-26-16-12-23-11-14-25(30)19-28(23)32-26/h3-12,14-16,18-19,31H,2,13,17,20H2,1H3/b15-10+. The van der Waals surface area contributed by atoms with E-state index in [1.807, 2.05) is 55.5 Å². The molecule has 0 saturated carbocycles. The van der Waals surface area contributed by atoms with Crippen molar-refractivity contribution in [3.63, 3.8) is 0 Å². The number of aromatic nitrogens is 1. The molecule has 1 heterocycles. The topological polar surface area (TPSA) is 51.2 Å². The Morgan fingerprint density at radius 3 is 2.65 bits per heavy atom. The van der Waals surface area contributed by atoms with Crippen molar-refractivity contribution in [2.75, 3.05) is 11.9 Å². The first-order chi connectivity index (χ1) is 16.6. The van der Waals surface area contributed by atoms with E-state index in [9.17, 15) is 4.79 Å². The Labute approximate surface area is 205 Å². The number of benzene rings is 3. The van der Waals surface area contributed by atoms with E-state index in [0.29, 0.717) is 31.0 Å². The first kappa shape index (κ1) is 23.5. The van der Waals surface area contributed by atoms with Gasteiger partial charge in [-0.3, -0.25) is 4.79 Å². The van der Waals surface area contributed by atoms with Crippen LogP contribution in [0.25, 0.3) is 23.1 Å². The SMILES string of the molecule is CCOC(=O)CCc1ccccc1CNc1cccc(/C=C/c2ccc3ccc(Cl)cc3n2)c1. The molecular formula is C29H27ClN2O2. The number of anilines is 1. The molecule has 5 heteroatoms. The fourth-order valence-corrected chi connectivity index (χ4v) is 3.94. The van der Waals surface area contributed by atoms with Crippen LogP contribution < -0.4 is 5.32 Å². The molecule has 0 spiro atoms. The third-order valence-electron chi connectivity index (χ3n) is 5.51. The van der Waals surface area contributed by atoms with Crippen LogP contribution in [0, 0.1) is 0 Å². The Kier molecular flexibility index (Phi) is 7.95. The number of hydrogen-bond acceptors (Lipinski definition) is 4. The summed E-state index contributed by atoms with van der Waals surface area (Å²) in [4.78, 5) is 16.4. The molecule has 0 aliphatic carbocycles. The molecule has 0 saturated heterocycles. The van der Waals surface area contributed by atoms with Gasteiger partial charge in [-0.15, -0.1) is 0 Å². The van der Waals surface area contributed by atoms with Crippen LogP contribution in [0.15, 0.2) is 78.9 Å². The van der Waals surface area contributed by atoms with Crippen molar-refractivity contribution in [2.24, 2.45) is 0 Å². The summed E-state index contributed by atoms with van der Waals surface area (Å²) in [6, 6.07) is 26.2. The van der Waals surface area contributed by atoms with Gasteiger partial charge in [-0.05, 0) is 66.4 Å². The van der Waals surface area contributed by atoms with Gasteiger partial charge in [0.05, 0.1) is 17.8 Å². The summed E-state index contributed by atoms with van der Waals surface area (Å²) in [6.45, 7) is 2.92. The van der Waals surface area contributed by atoms with Crippen LogP contribution in [-0.2, 0) is 22.5 Å². The highest BCUT2D eigenvalue weighted by Gasteiger charge is 2.07. The molecule has 0 atom stereocenters. The normalized spacial score (nSPS) is 11.1. The Morgan fingerprint density at radius 1 is 0.971 bits per heavy atom. The number of esters is 1. The maximum Gasteiger partial charge on any atom is 0.306 e. The van der Waals surface area contributed by atoms with Crippen LogP contribution in [0.3, 0.4) is 0 Å². The lowest BCUT2D eigenvalue weighted by atomic mass is 10.0. The maximum atomic E-state index is 11.7. The molecule has 0 unspecified atom stereocenters. The van der Waals surface area contributed by atoms with Crippen molar-refractivity contribution in [3.8, 4) is 0 Å².